The second-order valence-electron chi connectivity index (χ2n) is 1.73. The third kappa shape index (κ3) is 3.43. The van der Waals surface area contributed by atoms with Crippen molar-refractivity contribution in [2.45, 2.75) is 27.5 Å². The second kappa shape index (κ2) is 4.99. The van der Waals surface area contributed by atoms with Crippen molar-refractivity contribution in [1.82, 2.24) is 0 Å². The molecule has 1 saturated heterocycles. The maximum Gasteiger partial charge on any atom is -0.412 e. The Labute approximate surface area is 56.4 Å². The number of rotatable bonds is 0. The van der Waals surface area contributed by atoms with Gasteiger partial charge in [0.1, 0.15) is 0 Å². The fourth-order valence-electron chi connectivity index (χ4n) is 0.736. The van der Waals surface area contributed by atoms with Crippen LogP contribution in [0.4, 0.5) is 0 Å². The van der Waals surface area contributed by atoms with Crippen molar-refractivity contribution in [1.29, 1.82) is 0 Å². The van der Waals surface area contributed by atoms with E-state index in [4.69, 9.17) is 0 Å². The monoisotopic (exact) mass is 297 g/mol. The van der Waals surface area contributed by atoms with Gasteiger partial charge in [0.2, 0.25) is 0 Å². The van der Waals surface area contributed by atoms with Crippen LogP contribution >= 0.6 is 0 Å². The molecule has 0 atom stereocenters. The first-order valence-electron chi connectivity index (χ1n) is 2.63. The molecule has 0 aromatic carbocycles. The van der Waals surface area contributed by atoms with Crippen molar-refractivity contribution in [3.8, 4) is 0 Å². The summed E-state index contributed by atoms with van der Waals surface area (Å²) in [5.41, 5.74) is 0. The van der Waals surface area contributed by atoms with Crippen molar-refractivity contribution < 1.29 is 5.48 Å². The molecule has 0 bridgehead atoms. The molecule has 0 aromatic heterocycles. The van der Waals surface area contributed by atoms with Crippen LogP contribution in [0.1, 0.15) is 19.3 Å². The van der Waals surface area contributed by atoms with Gasteiger partial charge < -0.3 is 5.48 Å². The van der Waals surface area contributed by atoms with Gasteiger partial charge in [-0.05, 0) is 0 Å². The molecule has 0 saturated carbocycles. The molecule has 43 valence electrons. The Bertz CT molecular complexity index is 23.6. The van der Waals surface area contributed by atoms with Gasteiger partial charge in [0.05, 0.1) is 0 Å². The van der Waals surface area contributed by atoms with E-state index in [0.29, 0.717) is 0 Å². The zero-order valence-corrected chi connectivity index (χ0v) is 7.96. The summed E-state index contributed by atoms with van der Waals surface area (Å²) < 4.78 is 3.36. The van der Waals surface area contributed by atoms with E-state index >= 15 is 0 Å². The van der Waals surface area contributed by atoms with Gasteiger partial charge in [0.15, 0.2) is 0 Å². The average molecular weight is 297 g/mol. The minimum Gasteiger partial charge on any atom is -0.412 e. The summed E-state index contributed by atoms with van der Waals surface area (Å²) in [6.07, 6.45) is 4.71. The molecule has 1 aliphatic rings. The summed E-state index contributed by atoms with van der Waals surface area (Å²) in [6, 6.07) is 0. The van der Waals surface area contributed by atoms with Gasteiger partial charge in [-0.1, -0.05) is 0 Å². The van der Waals surface area contributed by atoms with E-state index < -0.39 is 0 Å². The average Bonchev–Trinajstić information content (AvgIpc) is 1.72. The van der Waals surface area contributed by atoms with E-state index in [1.165, 1.54) is 0 Å². The van der Waals surface area contributed by atoms with Crippen molar-refractivity contribution in [3.05, 3.63) is 0 Å². The molecule has 0 unspecified atom stereocenters. The Morgan fingerprint density at radius 3 is 1.57 bits per heavy atom. The minimum atomic E-state index is 0. The van der Waals surface area contributed by atoms with Gasteiger partial charge in [-0.25, -0.2) is 0 Å². The van der Waals surface area contributed by atoms with Crippen molar-refractivity contribution in [3.63, 3.8) is 0 Å². The molecule has 1 fully saturated rings. The SMILES string of the molecule is C1C[CH2][Bi][CH2]C1.O. The van der Waals surface area contributed by atoms with Gasteiger partial charge in [0, 0.05) is 0 Å². The molecule has 0 spiro atoms. The molecule has 2 heteroatoms. The standard InChI is InChI=1S/C5H10.Bi.H2O/c1-3-5-4-2;;/h1-5H2;;1H2. The molecule has 1 radical (unpaired) electrons. The Balaban J connectivity index is 0.000000360. The van der Waals surface area contributed by atoms with E-state index in [1.807, 2.05) is 0 Å². The largest absolute Gasteiger partial charge is 0.412 e. The molecular formula is C5H12BiO. The zero-order chi connectivity index (χ0) is 4.24. The molecule has 0 aliphatic carbocycles. The van der Waals surface area contributed by atoms with Gasteiger partial charge in [-0.2, -0.15) is 0 Å². The van der Waals surface area contributed by atoms with Crippen LogP contribution in [0.3, 0.4) is 0 Å². The first-order valence-corrected chi connectivity index (χ1v) is 7.55. The van der Waals surface area contributed by atoms with E-state index in [2.05, 4.69) is 0 Å². The third-order valence-electron chi connectivity index (χ3n) is 1.13. The number of hydrogen-bond acceptors (Lipinski definition) is 0. The van der Waals surface area contributed by atoms with Gasteiger partial charge in [-0.3, -0.25) is 0 Å². The summed E-state index contributed by atoms with van der Waals surface area (Å²) in [5.74, 6) is 0. The summed E-state index contributed by atoms with van der Waals surface area (Å²) >= 11 is 0.211. The topological polar surface area (TPSA) is 31.5 Å². The molecule has 1 heterocycles. The van der Waals surface area contributed by atoms with E-state index in [9.17, 15) is 0 Å². The molecule has 7 heavy (non-hydrogen) atoms. The maximum absolute atomic E-state index is 1.68. The molecule has 2 N–H and O–H groups in total. The third-order valence-corrected chi connectivity index (χ3v) is 6.05. The molecule has 0 aromatic rings. The summed E-state index contributed by atoms with van der Waals surface area (Å²) in [5, 5.41) is 0. The quantitative estimate of drug-likeness (QED) is 0.595. The Hall–Kier alpha value is 0.843. The van der Waals surface area contributed by atoms with E-state index in [-0.39, 0.29) is 28.7 Å². The van der Waals surface area contributed by atoms with E-state index in [0.717, 1.165) is 0 Å². The maximum atomic E-state index is 1.68. The van der Waals surface area contributed by atoms with Crippen LogP contribution in [-0.2, 0) is 0 Å². The van der Waals surface area contributed by atoms with Crippen molar-refractivity contribution in [2.75, 3.05) is 0 Å². The van der Waals surface area contributed by atoms with Crippen LogP contribution in [0.5, 0.6) is 0 Å². The van der Waals surface area contributed by atoms with Crippen LogP contribution < -0.4 is 0 Å². The summed E-state index contributed by atoms with van der Waals surface area (Å²) in [7, 11) is 0. The normalized spacial score (nSPS) is 20.6. The Morgan fingerprint density at radius 2 is 1.43 bits per heavy atom. The first-order chi connectivity index (χ1) is 3.00. The minimum absolute atomic E-state index is 0. The van der Waals surface area contributed by atoms with Crippen molar-refractivity contribution >= 4 is 23.2 Å². The predicted molar refractivity (Wildman–Crippen MR) is 32.8 cm³/mol. The van der Waals surface area contributed by atoms with Crippen molar-refractivity contribution in [2.24, 2.45) is 0 Å². The number of hydrogen-bond donors (Lipinski definition) is 0. The van der Waals surface area contributed by atoms with Gasteiger partial charge >= 0.3 is 50.8 Å². The first kappa shape index (κ1) is 7.84. The summed E-state index contributed by atoms with van der Waals surface area (Å²) in [4.78, 5) is 0. The molecule has 0 amide bonds. The van der Waals surface area contributed by atoms with Gasteiger partial charge in [-0.15, -0.1) is 0 Å². The molecule has 1 aliphatic heterocycles. The van der Waals surface area contributed by atoms with Crippen LogP contribution in [0.25, 0.3) is 0 Å². The predicted octanol–water partition coefficient (Wildman–Crippen LogP) is 0.886. The van der Waals surface area contributed by atoms with Crippen LogP contribution in [-0.4, -0.2) is 28.7 Å². The summed E-state index contributed by atoms with van der Waals surface area (Å²) in [6.45, 7) is 0. The molecular weight excluding hydrogens is 285 g/mol. The molecule has 1 nitrogen and oxygen atoms in total. The zero-order valence-electron chi connectivity index (χ0n) is 4.48. The van der Waals surface area contributed by atoms with Crippen LogP contribution in [0, 0.1) is 0 Å². The van der Waals surface area contributed by atoms with Crippen LogP contribution in [0.2, 0.25) is 8.26 Å². The molecule has 1 rings (SSSR count). The Morgan fingerprint density at radius 1 is 0.857 bits per heavy atom. The fraction of sp³-hybridized carbons (Fsp3) is 1.00. The van der Waals surface area contributed by atoms with E-state index in [1.54, 1.807) is 27.5 Å². The van der Waals surface area contributed by atoms with Crippen LogP contribution in [0.15, 0.2) is 0 Å². The fourth-order valence-corrected chi connectivity index (χ4v) is 5.08. The smallest absolute Gasteiger partial charge is 0.412 e. The Kier molecular flexibility index (Phi) is 5.59. The van der Waals surface area contributed by atoms with Gasteiger partial charge in [0.25, 0.3) is 0 Å². The second-order valence-corrected chi connectivity index (χ2v) is 6.95.